The van der Waals surface area contributed by atoms with Gasteiger partial charge in [-0.15, -0.1) is 0 Å². The van der Waals surface area contributed by atoms with Crippen molar-refractivity contribution in [3.8, 4) is 0 Å². The van der Waals surface area contributed by atoms with Gasteiger partial charge in [-0.05, 0) is 50.9 Å². The van der Waals surface area contributed by atoms with Gasteiger partial charge in [0.1, 0.15) is 11.3 Å². The van der Waals surface area contributed by atoms with Crippen LogP contribution in [0.5, 0.6) is 0 Å². The Hall–Kier alpha value is -1.42. The number of hydrogen-bond donors (Lipinski definition) is 1. The van der Waals surface area contributed by atoms with Crippen LogP contribution in [-0.4, -0.2) is 27.6 Å². The molecule has 96 valence electrons. The normalized spacial score (nSPS) is 19.7. The van der Waals surface area contributed by atoms with Crippen LogP contribution >= 0.6 is 0 Å². The number of aromatic nitrogens is 3. The van der Waals surface area contributed by atoms with Crippen LogP contribution in [0, 0.1) is 5.92 Å². The van der Waals surface area contributed by atoms with Gasteiger partial charge in [0.05, 0.1) is 0 Å². The third kappa shape index (κ3) is 2.12. The van der Waals surface area contributed by atoms with Crippen LogP contribution in [0.25, 0.3) is 11.2 Å². The second-order valence-corrected chi connectivity index (χ2v) is 5.02. The third-order valence-electron chi connectivity index (χ3n) is 3.84. The van der Waals surface area contributed by atoms with Crippen molar-refractivity contribution in [1.29, 1.82) is 0 Å². The predicted octanol–water partition coefficient (Wildman–Crippen LogP) is 1.99. The van der Waals surface area contributed by atoms with Gasteiger partial charge >= 0.3 is 0 Å². The van der Waals surface area contributed by atoms with Crippen LogP contribution < -0.4 is 5.32 Å². The first-order valence-corrected chi connectivity index (χ1v) is 6.89. The molecule has 0 radical (unpaired) electrons. The molecule has 1 saturated heterocycles. The summed E-state index contributed by atoms with van der Waals surface area (Å²) in [7, 11) is 0. The number of imidazole rings is 1. The largest absolute Gasteiger partial charge is 0.316 e. The molecule has 0 amide bonds. The van der Waals surface area contributed by atoms with Gasteiger partial charge in [-0.25, -0.2) is 9.97 Å². The molecule has 0 aliphatic carbocycles. The number of hydrogen-bond acceptors (Lipinski definition) is 3. The minimum Gasteiger partial charge on any atom is -0.316 e. The summed E-state index contributed by atoms with van der Waals surface area (Å²) in [5.74, 6) is 2.01. The molecule has 1 atom stereocenters. The number of rotatable bonds is 4. The van der Waals surface area contributed by atoms with E-state index in [0.29, 0.717) is 0 Å². The first-order valence-electron chi connectivity index (χ1n) is 6.89. The monoisotopic (exact) mass is 244 g/mol. The second-order valence-electron chi connectivity index (χ2n) is 5.02. The fraction of sp³-hybridized carbons (Fsp3) is 0.571. The quantitative estimate of drug-likeness (QED) is 0.894. The Morgan fingerprint density at radius 2 is 2.44 bits per heavy atom. The van der Waals surface area contributed by atoms with E-state index in [1.54, 1.807) is 0 Å². The highest BCUT2D eigenvalue weighted by molar-refractivity contribution is 5.71. The minimum absolute atomic E-state index is 0.822. The van der Waals surface area contributed by atoms with Crippen LogP contribution in [0.4, 0.5) is 0 Å². The number of pyridine rings is 1. The van der Waals surface area contributed by atoms with E-state index < -0.39 is 0 Å². The predicted molar refractivity (Wildman–Crippen MR) is 72.5 cm³/mol. The summed E-state index contributed by atoms with van der Waals surface area (Å²) in [4.78, 5) is 9.17. The highest BCUT2D eigenvalue weighted by Crippen LogP contribution is 2.19. The summed E-state index contributed by atoms with van der Waals surface area (Å²) in [6.07, 6.45) is 5.46. The Kier molecular flexibility index (Phi) is 3.28. The van der Waals surface area contributed by atoms with Crippen molar-refractivity contribution in [1.82, 2.24) is 19.9 Å². The van der Waals surface area contributed by atoms with E-state index in [9.17, 15) is 0 Å². The first-order chi connectivity index (χ1) is 8.88. The standard InChI is InChI=1S/C14H20N4/c1-2-18-13(6-5-11-7-9-15-10-11)17-12-4-3-8-16-14(12)18/h3-4,8,11,15H,2,5-7,9-10H2,1H3. The molecule has 1 aliphatic rings. The first kappa shape index (κ1) is 11.7. The lowest BCUT2D eigenvalue weighted by Crippen LogP contribution is -2.11. The van der Waals surface area contributed by atoms with Crippen LogP contribution in [0.1, 0.15) is 25.6 Å². The maximum absolute atomic E-state index is 4.72. The lowest BCUT2D eigenvalue weighted by atomic mass is 10.0. The Morgan fingerprint density at radius 3 is 3.22 bits per heavy atom. The van der Waals surface area contributed by atoms with E-state index in [1.807, 2.05) is 12.3 Å². The molecule has 3 rings (SSSR count). The van der Waals surface area contributed by atoms with Crippen molar-refractivity contribution in [3.63, 3.8) is 0 Å². The molecule has 0 bridgehead atoms. The molecule has 3 heterocycles. The van der Waals surface area contributed by atoms with E-state index in [4.69, 9.17) is 4.98 Å². The van der Waals surface area contributed by atoms with E-state index in [1.165, 1.54) is 31.8 Å². The molecule has 18 heavy (non-hydrogen) atoms. The fourth-order valence-electron chi connectivity index (χ4n) is 2.82. The Morgan fingerprint density at radius 1 is 1.50 bits per heavy atom. The summed E-state index contributed by atoms with van der Waals surface area (Å²) < 4.78 is 2.25. The van der Waals surface area contributed by atoms with Crippen LogP contribution in [0.3, 0.4) is 0 Å². The summed E-state index contributed by atoms with van der Waals surface area (Å²) in [5, 5.41) is 3.42. The number of nitrogens with one attached hydrogen (secondary N) is 1. The van der Waals surface area contributed by atoms with Gasteiger partial charge in [0.2, 0.25) is 0 Å². The minimum atomic E-state index is 0.822. The maximum atomic E-state index is 4.72. The Bertz CT molecular complexity index is 526. The second kappa shape index (κ2) is 5.06. The van der Waals surface area contributed by atoms with Crippen molar-refractivity contribution in [2.45, 2.75) is 32.7 Å². The molecule has 1 aliphatic heterocycles. The molecule has 4 nitrogen and oxygen atoms in total. The molecule has 1 N–H and O–H groups in total. The zero-order chi connectivity index (χ0) is 12.4. The SMILES string of the molecule is CCn1c(CCC2CCNC2)nc2cccnc21. The van der Waals surface area contributed by atoms with Gasteiger partial charge in [-0.1, -0.05) is 0 Å². The van der Waals surface area contributed by atoms with Crippen molar-refractivity contribution < 1.29 is 0 Å². The van der Waals surface area contributed by atoms with Crippen molar-refractivity contribution >= 4 is 11.2 Å². The molecule has 0 spiro atoms. The van der Waals surface area contributed by atoms with Crippen LogP contribution in [0.2, 0.25) is 0 Å². The summed E-state index contributed by atoms with van der Waals surface area (Å²) >= 11 is 0. The molecule has 1 unspecified atom stereocenters. The van der Waals surface area contributed by atoms with E-state index >= 15 is 0 Å². The molecular weight excluding hydrogens is 224 g/mol. The molecular formula is C14H20N4. The van der Waals surface area contributed by atoms with Gasteiger partial charge < -0.3 is 9.88 Å². The van der Waals surface area contributed by atoms with E-state index in [2.05, 4.69) is 27.9 Å². The zero-order valence-electron chi connectivity index (χ0n) is 10.9. The lowest BCUT2D eigenvalue weighted by molar-refractivity contribution is 0.516. The van der Waals surface area contributed by atoms with Crippen molar-refractivity contribution in [3.05, 3.63) is 24.2 Å². The highest BCUT2D eigenvalue weighted by Gasteiger charge is 2.16. The fourth-order valence-corrected chi connectivity index (χ4v) is 2.82. The smallest absolute Gasteiger partial charge is 0.159 e. The molecule has 4 heteroatoms. The third-order valence-corrected chi connectivity index (χ3v) is 3.84. The van der Waals surface area contributed by atoms with Gasteiger partial charge in [-0.3, -0.25) is 0 Å². The maximum Gasteiger partial charge on any atom is 0.159 e. The topological polar surface area (TPSA) is 42.7 Å². The van der Waals surface area contributed by atoms with Gasteiger partial charge in [0.25, 0.3) is 0 Å². The zero-order valence-corrected chi connectivity index (χ0v) is 10.9. The molecule has 1 fully saturated rings. The Labute approximate surface area is 107 Å². The Balaban J connectivity index is 1.81. The van der Waals surface area contributed by atoms with Crippen molar-refractivity contribution in [2.24, 2.45) is 5.92 Å². The number of fused-ring (bicyclic) bond motifs is 1. The highest BCUT2D eigenvalue weighted by atomic mass is 15.1. The molecule has 0 aromatic carbocycles. The lowest BCUT2D eigenvalue weighted by Gasteiger charge is -2.09. The van der Waals surface area contributed by atoms with E-state index in [0.717, 1.165) is 30.0 Å². The van der Waals surface area contributed by atoms with Crippen molar-refractivity contribution in [2.75, 3.05) is 13.1 Å². The van der Waals surface area contributed by atoms with Crippen LogP contribution in [0.15, 0.2) is 18.3 Å². The number of nitrogens with zero attached hydrogens (tertiary/aromatic N) is 3. The average Bonchev–Trinajstić information content (AvgIpc) is 3.03. The molecule has 2 aromatic heterocycles. The van der Waals surface area contributed by atoms with E-state index in [-0.39, 0.29) is 0 Å². The van der Waals surface area contributed by atoms with Gasteiger partial charge in [0, 0.05) is 19.2 Å². The number of aryl methyl sites for hydroxylation is 2. The van der Waals surface area contributed by atoms with Gasteiger partial charge in [0.15, 0.2) is 5.65 Å². The average molecular weight is 244 g/mol. The van der Waals surface area contributed by atoms with Gasteiger partial charge in [-0.2, -0.15) is 0 Å². The molecule has 2 aromatic rings. The summed E-state index contributed by atoms with van der Waals surface area (Å²) in [6.45, 7) is 5.46. The molecule has 0 saturated carbocycles. The summed E-state index contributed by atoms with van der Waals surface area (Å²) in [6, 6.07) is 4.01. The summed E-state index contributed by atoms with van der Waals surface area (Å²) in [5.41, 5.74) is 2.05. The van der Waals surface area contributed by atoms with Crippen LogP contribution in [-0.2, 0) is 13.0 Å².